The molecule has 1 aromatic carbocycles. The third kappa shape index (κ3) is 3.19. The van der Waals surface area contributed by atoms with Crippen molar-refractivity contribution in [2.45, 2.75) is 49.3 Å². The fourth-order valence-corrected chi connectivity index (χ4v) is 4.97. The number of benzene rings is 1. The number of halogens is 3. The second kappa shape index (κ2) is 6.00. The molecular weight excluding hydrogens is 343 g/mol. The minimum absolute atomic E-state index is 0.0124. The lowest BCUT2D eigenvalue weighted by Crippen LogP contribution is -2.46. The van der Waals surface area contributed by atoms with Gasteiger partial charge in [0.25, 0.3) is 0 Å². The molecule has 1 aromatic rings. The SMILES string of the molecule is Cc1ccc(S(=O)(=O)N2CCC3(CCCO3)CC2)cc1C(F)(F)F. The molecule has 0 unspecified atom stereocenters. The van der Waals surface area contributed by atoms with Gasteiger partial charge in [-0.05, 0) is 50.3 Å². The Balaban J connectivity index is 1.84. The van der Waals surface area contributed by atoms with Gasteiger partial charge in [0.15, 0.2) is 0 Å². The first-order valence-electron chi connectivity index (χ1n) is 7.96. The monoisotopic (exact) mass is 363 g/mol. The number of piperidine rings is 1. The van der Waals surface area contributed by atoms with Crippen LogP contribution in [0.2, 0.25) is 0 Å². The number of ether oxygens (including phenoxy) is 1. The third-order valence-electron chi connectivity index (χ3n) is 4.97. The van der Waals surface area contributed by atoms with Crippen LogP contribution in [0.25, 0.3) is 0 Å². The van der Waals surface area contributed by atoms with Crippen molar-refractivity contribution in [2.75, 3.05) is 19.7 Å². The maximum absolute atomic E-state index is 13.0. The fourth-order valence-electron chi connectivity index (χ4n) is 3.50. The molecule has 0 saturated carbocycles. The van der Waals surface area contributed by atoms with Crippen molar-refractivity contribution in [3.8, 4) is 0 Å². The number of nitrogens with zero attached hydrogens (tertiary/aromatic N) is 1. The number of rotatable bonds is 2. The van der Waals surface area contributed by atoms with Gasteiger partial charge in [-0.3, -0.25) is 0 Å². The van der Waals surface area contributed by atoms with Gasteiger partial charge in [0, 0.05) is 19.7 Å². The van der Waals surface area contributed by atoms with E-state index < -0.39 is 21.8 Å². The first kappa shape index (κ1) is 17.7. The molecule has 1 spiro atoms. The quantitative estimate of drug-likeness (QED) is 0.810. The molecule has 8 heteroatoms. The molecule has 2 saturated heterocycles. The molecule has 0 aromatic heterocycles. The van der Waals surface area contributed by atoms with E-state index in [2.05, 4.69) is 0 Å². The molecule has 3 rings (SSSR count). The maximum atomic E-state index is 13.0. The summed E-state index contributed by atoms with van der Waals surface area (Å²) in [5.74, 6) is 0. The lowest BCUT2D eigenvalue weighted by molar-refractivity contribution is -0.138. The van der Waals surface area contributed by atoms with E-state index in [4.69, 9.17) is 4.74 Å². The smallest absolute Gasteiger partial charge is 0.375 e. The van der Waals surface area contributed by atoms with Crippen LogP contribution in [0.3, 0.4) is 0 Å². The van der Waals surface area contributed by atoms with Crippen molar-refractivity contribution < 1.29 is 26.3 Å². The summed E-state index contributed by atoms with van der Waals surface area (Å²) in [6.07, 6.45) is -1.50. The van der Waals surface area contributed by atoms with Gasteiger partial charge in [-0.25, -0.2) is 8.42 Å². The second-order valence-electron chi connectivity index (χ2n) is 6.51. The van der Waals surface area contributed by atoms with Gasteiger partial charge in [0.05, 0.1) is 16.1 Å². The van der Waals surface area contributed by atoms with Crippen LogP contribution >= 0.6 is 0 Å². The first-order valence-corrected chi connectivity index (χ1v) is 9.40. The molecule has 0 atom stereocenters. The number of sulfonamides is 1. The molecule has 0 aliphatic carbocycles. The predicted molar refractivity (Wildman–Crippen MR) is 82.1 cm³/mol. The predicted octanol–water partition coefficient (Wildman–Crippen LogP) is 3.35. The minimum atomic E-state index is -4.57. The Kier molecular flexibility index (Phi) is 4.42. The summed E-state index contributed by atoms with van der Waals surface area (Å²) in [5.41, 5.74) is -1.13. The number of alkyl halides is 3. The summed E-state index contributed by atoms with van der Waals surface area (Å²) in [6.45, 7) is 2.57. The Morgan fingerprint density at radius 1 is 1.17 bits per heavy atom. The Morgan fingerprint density at radius 2 is 1.83 bits per heavy atom. The van der Waals surface area contributed by atoms with Crippen LogP contribution in [-0.4, -0.2) is 38.0 Å². The number of hydrogen-bond acceptors (Lipinski definition) is 3. The lowest BCUT2D eigenvalue weighted by Gasteiger charge is -2.37. The van der Waals surface area contributed by atoms with Gasteiger partial charge in [-0.1, -0.05) is 6.07 Å². The summed E-state index contributed by atoms with van der Waals surface area (Å²) in [6, 6.07) is 3.19. The van der Waals surface area contributed by atoms with Crippen LogP contribution in [0.5, 0.6) is 0 Å². The van der Waals surface area contributed by atoms with Crippen molar-refractivity contribution in [3.05, 3.63) is 29.3 Å². The molecular formula is C16H20F3NO3S. The van der Waals surface area contributed by atoms with Crippen LogP contribution in [-0.2, 0) is 20.9 Å². The first-order chi connectivity index (χ1) is 11.1. The van der Waals surface area contributed by atoms with E-state index in [0.717, 1.165) is 18.9 Å². The van der Waals surface area contributed by atoms with E-state index in [1.54, 1.807) is 0 Å². The maximum Gasteiger partial charge on any atom is 0.416 e. The second-order valence-corrected chi connectivity index (χ2v) is 8.45. The Morgan fingerprint density at radius 3 is 2.38 bits per heavy atom. The summed E-state index contributed by atoms with van der Waals surface area (Å²) in [5, 5.41) is 0. The molecule has 2 fully saturated rings. The Hall–Kier alpha value is -1.12. The molecule has 0 radical (unpaired) electrons. The fraction of sp³-hybridized carbons (Fsp3) is 0.625. The van der Waals surface area contributed by atoms with Crippen LogP contribution in [0.4, 0.5) is 13.2 Å². The van der Waals surface area contributed by atoms with Crippen LogP contribution < -0.4 is 0 Å². The normalized spacial score (nSPS) is 22.2. The van der Waals surface area contributed by atoms with E-state index in [1.165, 1.54) is 23.4 Å². The Bertz CT molecular complexity index is 715. The van der Waals surface area contributed by atoms with E-state index in [1.807, 2.05) is 0 Å². The number of hydrogen-bond donors (Lipinski definition) is 0. The molecule has 0 N–H and O–H groups in total. The van der Waals surface area contributed by atoms with Gasteiger partial charge in [-0.15, -0.1) is 0 Å². The van der Waals surface area contributed by atoms with Crippen molar-refractivity contribution in [1.82, 2.24) is 4.31 Å². The average molecular weight is 363 g/mol. The standard InChI is InChI=1S/C16H20F3NO3S/c1-12-3-4-13(11-14(12)16(17,18)19)24(21,22)20-8-6-15(7-9-20)5-2-10-23-15/h3-4,11H,2,5-10H2,1H3. The zero-order chi connectivity index (χ0) is 17.6. The van der Waals surface area contributed by atoms with Gasteiger partial charge in [0.2, 0.25) is 10.0 Å². The molecule has 2 aliphatic heterocycles. The highest BCUT2D eigenvalue weighted by Crippen LogP contribution is 2.38. The molecule has 134 valence electrons. The summed E-state index contributed by atoms with van der Waals surface area (Å²) in [7, 11) is -3.93. The largest absolute Gasteiger partial charge is 0.416 e. The summed E-state index contributed by atoms with van der Waals surface area (Å²) < 4.78 is 71.5. The van der Waals surface area contributed by atoms with Crippen LogP contribution in [0.15, 0.2) is 23.1 Å². The van der Waals surface area contributed by atoms with Crippen molar-refractivity contribution in [1.29, 1.82) is 0 Å². The number of aryl methyl sites for hydroxylation is 1. The van der Waals surface area contributed by atoms with Crippen molar-refractivity contribution >= 4 is 10.0 Å². The molecule has 0 amide bonds. The van der Waals surface area contributed by atoms with E-state index in [9.17, 15) is 21.6 Å². The highest BCUT2D eigenvalue weighted by molar-refractivity contribution is 7.89. The molecule has 0 bridgehead atoms. The highest BCUT2D eigenvalue weighted by atomic mass is 32.2. The van der Waals surface area contributed by atoms with Crippen molar-refractivity contribution in [2.24, 2.45) is 0 Å². The zero-order valence-electron chi connectivity index (χ0n) is 13.4. The highest BCUT2D eigenvalue weighted by Gasteiger charge is 2.42. The summed E-state index contributed by atoms with van der Waals surface area (Å²) in [4.78, 5) is -0.302. The topological polar surface area (TPSA) is 46.6 Å². The van der Waals surface area contributed by atoms with Crippen molar-refractivity contribution in [3.63, 3.8) is 0 Å². The van der Waals surface area contributed by atoms with Crippen LogP contribution in [0.1, 0.15) is 36.8 Å². The van der Waals surface area contributed by atoms with Gasteiger partial charge >= 0.3 is 6.18 Å². The van der Waals surface area contributed by atoms with E-state index in [-0.39, 0.29) is 29.1 Å². The molecule has 4 nitrogen and oxygen atoms in total. The molecule has 24 heavy (non-hydrogen) atoms. The van der Waals surface area contributed by atoms with Gasteiger partial charge < -0.3 is 4.74 Å². The van der Waals surface area contributed by atoms with Crippen LogP contribution in [0, 0.1) is 6.92 Å². The third-order valence-corrected chi connectivity index (χ3v) is 6.87. The minimum Gasteiger partial charge on any atom is -0.375 e. The average Bonchev–Trinajstić information content (AvgIpc) is 2.95. The Labute approximate surface area is 139 Å². The molecule has 2 aliphatic rings. The van der Waals surface area contributed by atoms with E-state index in [0.29, 0.717) is 19.4 Å². The van der Waals surface area contributed by atoms with Gasteiger partial charge in [0.1, 0.15) is 0 Å². The summed E-state index contributed by atoms with van der Waals surface area (Å²) >= 11 is 0. The molecule has 2 heterocycles. The van der Waals surface area contributed by atoms with E-state index >= 15 is 0 Å². The lowest BCUT2D eigenvalue weighted by atomic mass is 9.90. The van der Waals surface area contributed by atoms with Gasteiger partial charge in [-0.2, -0.15) is 17.5 Å². The zero-order valence-corrected chi connectivity index (χ0v) is 14.2.